The van der Waals surface area contributed by atoms with Gasteiger partial charge in [0, 0.05) is 25.0 Å². The fraction of sp³-hybridized carbons (Fsp3) is 0.421. The monoisotopic (exact) mass is 408 g/mol. The van der Waals surface area contributed by atoms with Crippen LogP contribution in [0.4, 0.5) is 0 Å². The molecular formula is C19H24N2O6S. The minimum Gasteiger partial charge on any atom is -0.497 e. The number of carbonyl (C=O) groups is 1. The predicted octanol–water partition coefficient (Wildman–Crippen LogP) is 1.96. The molecule has 28 heavy (non-hydrogen) atoms. The lowest BCUT2D eigenvalue weighted by Gasteiger charge is -2.36. The number of fused-ring (bicyclic) bond motifs is 1. The number of carboxylic acids is 1. The predicted molar refractivity (Wildman–Crippen MR) is 102 cm³/mol. The number of hydrogen-bond acceptors (Lipinski definition) is 5. The quantitative estimate of drug-likeness (QED) is 0.752. The normalized spacial score (nSPS) is 17.3. The van der Waals surface area contributed by atoms with Crippen LogP contribution in [0.1, 0.15) is 22.9 Å². The number of aromatic nitrogens is 1. The molecule has 8 nitrogen and oxygen atoms in total. The van der Waals surface area contributed by atoms with Crippen molar-refractivity contribution in [2.24, 2.45) is 0 Å². The molecule has 2 heterocycles. The van der Waals surface area contributed by atoms with Crippen molar-refractivity contribution in [2.45, 2.75) is 31.3 Å². The van der Waals surface area contributed by atoms with Crippen LogP contribution in [-0.4, -0.2) is 55.2 Å². The maximum Gasteiger partial charge on any atom is 0.329 e. The van der Waals surface area contributed by atoms with E-state index in [-0.39, 0.29) is 18.0 Å². The number of methoxy groups -OCH3 is 1. The molecule has 1 aromatic carbocycles. The number of rotatable bonds is 7. The van der Waals surface area contributed by atoms with Gasteiger partial charge in [-0.3, -0.25) is 0 Å². The molecule has 1 aromatic heterocycles. The van der Waals surface area contributed by atoms with Gasteiger partial charge in [0.1, 0.15) is 12.4 Å². The van der Waals surface area contributed by atoms with E-state index in [1.807, 2.05) is 22.9 Å². The zero-order valence-corrected chi connectivity index (χ0v) is 16.9. The lowest BCUT2D eigenvalue weighted by molar-refractivity contribution is -0.142. The average Bonchev–Trinajstić information content (AvgIpc) is 3.09. The van der Waals surface area contributed by atoms with Crippen molar-refractivity contribution in [1.82, 2.24) is 8.87 Å². The van der Waals surface area contributed by atoms with Crippen LogP contribution in [0.25, 0.3) is 0 Å². The first kappa shape index (κ1) is 20.4. The summed E-state index contributed by atoms with van der Waals surface area (Å²) >= 11 is 0. The minimum atomic E-state index is -3.83. The van der Waals surface area contributed by atoms with Crippen molar-refractivity contribution in [3.05, 3.63) is 47.3 Å². The van der Waals surface area contributed by atoms with Gasteiger partial charge in [0.05, 0.1) is 24.7 Å². The van der Waals surface area contributed by atoms with Crippen molar-refractivity contribution < 1.29 is 27.8 Å². The summed E-state index contributed by atoms with van der Waals surface area (Å²) < 4.78 is 41.0. The third-order valence-electron chi connectivity index (χ3n) is 4.85. The third-order valence-corrected chi connectivity index (χ3v) is 7.07. The second-order valence-electron chi connectivity index (χ2n) is 6.76. The van der Waals surface area contributed by atoms with Crippen molar-refractivity contribution in [1.29, 1.82) is 0 Å². The zero-order chi connectivity index (χ0) is 20.5. The van der Waals surface area contributed by atoms with Crippen LogP contribution in [0.15, 0.2) is 35.4 Å². The molecule has 0 spiro atoms. The fourth-order valence-corrected chi connectivity index (χ4v) is 5.70. The van der Waals surface area contributed by atoms with E-state index in [9.17, 15) is 13.2 Å². The largest absolute Gasteiger partial charge is 0.497 e. The van der Waals surface area contributed by atoms with E-state index in [0.29, 0.717) is 23.4 Å². The second-order valence-corrected chi connectivity index (χ2v) is 8.58. The summed E-state index contributed by atoms with van der Waals surface area (Å²) in [4.78, 5) is 11.1. The van der Waals surface area contributed by atoms with Gasteiger partial charge in [0.2, 0.25) is 10.0 Å². The summed E-state index contributed by atoms with van der Waals surface area (Å²) in [6, 6.07) is 6.48. The summed E-state index contributed by atoms with van der Waals surface area (Å²) in [5.74, 6) is -0.495. The number of aliphatic carboxylic acids is 1. The molecule has 3 rings (SSSR count). The highest BCUT2D eigenvalue weighted by Gasteiger charge is 2.38. The number of benzene rings is 1. The van der Waals surface area contributed by atoms with E-state index >= 15 is 0 Å². The maximum atomic E-state index is 13.6. The first-order valence-corrected chi connectivity index (χ1v) is 10.3. The standard InChI is InChI=1S/C19H24N2O6S/c1-13-9-15(26-3)10-14(2)19(13)28(24,25)21-8-7-20-6-4-5-16(20)17(21)11-27-12-18(22)23/h4-6,9-10,17H,7-8,11-12H2,1-3H3,(H,22,23). The van der Waals surface area contributed by atoms with Crippen LogP contribution in [0, 0.1) is 13.8 Å². The van der Waals surface area contributed by atoms with Crippen LogP contribution in [0.2, 0.25) is 0 Å². The van der Waals surface area contributed by atoms with Crippen molar-refractivity contribution >= 4 is 16.0 Å². The molecule has 1 atom stereocenters. The molecular weight excluding hydrogens is 384 g/mol. The Labute approximate surface area is 164 Å². The van der Waals surface area contributed by atoms with Gasteiger partial charge in [0.25, 0.3) is 0 Å². The Morgan fingerprint density at radius 2 is 1.93 bits per heavy atom. The number of nitrogens with zero attached hydrogens (tertiary/aromatic N) is 2. The van der Waals surface area contributed by atoms with E-state index in [0.717, 1.165) is 5.69 Å². The van der Waals surface area contributed by atoms with Crippen molar-refractivity contribution in [3.8, 4) is 5.75 Å². The van der Waals surface area contributed by atoms with Crippen LogP contribution in [-0.2, 0) is 26.1 Å². The van der Waals surface area contributed by atoms with Gasteiger partial charge in [-0.2, -0.15) is 4.31 Å². The van der Waals surface area contributed by atoms with Gasteiger partial charge in [-0.25, -0.2) is 13.2 Å². The summed E-state index contributed by atoms with van der Waals surface area (Å²) in [6.45, 7) is 3.76. The Morgan fingerprint density at radius 1 is 1.25 bits per heavy atom. The van der Waals surface area contributed by atoms with E-state index < -0.39 is 28.6 Å². The highest BCUT2D eigenvalue weighted by molar-refractivity contribution is 7.89. The van der Waals surface area contributed by atoms with E-state index in [1.54, 1.807) is 26.0 Å². The lowest BCUT2D eigenvalue weighted by Crippen LogP contribution is -2.44. The summed E-state index contributed by atoms with van der Waals surface area (Å²) in [6.07, 6.45) is 1.88. The second kappa shape index (κ2) is 7.94. The Bertz CT molecular complexity index is 959. The summed E-state index contributed by atoms with van der Waals surface area (Å²) in [5.41, 5.74) is 1.98. The minimum absolute atomic E-state index is 0.0379. The number of ether oxygens (including phenoxy) is 2. The van der Waals surface area contributed by atoms with Crippen LogP contribution < -0.4 is 4.74 Å². The Hall–Kier alpha value is -2.36. The first-order valence-electron chi connectivity index (χ1n) is 8.87. The molecule has 0 fully saturated rings. The van der Waals surface area contributed by atoms with Crippen LogP contribution in [0.5, 0.6) is 5.75 Å². The SMILES string of the molecule is COc1cc(C)c(S(=O)(=O)N2CCn3cccc3C2COCC(=O)O)c(C)c1. The molecule has 1 N–H and O–H groups in total. The highest BCUT2D eigenvalue weighted by Crippen LogP contribution is 2.35. The van der Waals surface area contributed by atoms with Gasteiger partial charge < -0.3 is 19.1 Å². The topological polar surface area (TPSA) is 98.1 Å². The van der Waals surface area contributed by atoms with Crippen LogP contribution in [0.3, 0.4) is 0 Å². The van der Waals surface area contributed by atoms with Gasteiger partial charge in [-0.1, -0.05) is 0 Å². The first-order chi connectivity index (χ1) is 13.3. The van der Waals surface area contributed by atoms with Crippen molar-refractivity contribution in [3.63, 3.8) is 0 Å². The smallest absolute Gasteiger partial charge is 0.329 e. The molecule has 9 heteroatoms. The molecule has 2 aromatic rings. The molecule has 0 radical (unpaired) electrons. The highest BCUT2D eigenvalue weighted by atomic mass is 32.2. The van der Waals surface area contributed by atoms with Crippen molar-refractivity contribution in [2.75, 3.05) is 26.9 Å². The lowest BCUT2D eigenvalue weighted by atomic mass is 10.1. The molecule has 0 saturated carbocycles. The zero-order valence-electron chi connectivity index (χ0n) is 16.1. The summed E-state index contributed by atoms with van der Waals surface area (Å²) in [7, 11) is -2.29. The van der Waals surface area contributed by atoms with Gasteiger partial charge in [-0.15, -0.1) is 0 Å². The van der Waals surface area contributed by atoms with Crippen LogP contribution >= 0.6 is 0 Å². The molecule has 0 saturated heterocycles. The number of carboxylic acid groups (broad SMARTS) is 1. The Morgan fingerprint density at radius 3 is 2.54 bits per heavy atom. The fourth-order valence-electron chi connectivity index (χ4n) is 3.71. The number of aryl methyl sites for hydroxylation is 2. The summed E-state index contributed by atoms with van der Waals surface area (Å²) in [5, 5.41) is 8.85. The number of hydrogen-bond donors (Lipinski definition) is 1. The molecule has 0 amide bonds. The van der Waals surface area contributed by atoms with Gasteiger partial charge in [-0.05, 0) is 49.2 Å². The van der Waals surface area contributed by atoms with E-state index in [1.165, 1.54) is 11.4 Å². The van der Waals surface area contributed by atoms with E-state index in [2.05, 4.69) is 0 Å². The molecule has 1 unspecified atom stereocenters. The van der Waals surface area contributed by atoms with Gasteiger partial charge >= 0.3 is 5.97 Å². The molecule has 1 aliphatic heterocycles. The molecule has 0 aliphatic carbocycles. The molecule has 152 valence electrons. The number of sulfonamides is 1. The Balaban J connectivity index is 2.01. The van der Waals surface area contributed by atoms with Gasteiger partial charge in [0.15, 0.2) is 0 Å². The molecule has 1 aliphatic rings. The Kier molecular flexibility index (Phi) is 5.78. The maximum absolute atomic E-state index is 13.6. The average molecular weight is 408 g/mol. The molecule has 0 bridgehead atoms. The van der Waals surface area contributed by atoms with E-state index in [4.69, 9.17) is 14.6 Å². The third kappa shape index (κ3) is 3.78.